The van der Waals surface area contributed by atoms with E-state index in [1.54, 1.807) is 12.1 Å². The van der Waals surface area contributed by atoms with Crippen LogP contribution < -0.4 is 9.62 Å². The number of sulfonamides is 1. The maximum absolute atomic E-state index is 13.3. The van der Waals surface area contributed by atoms with Gasteiger partial charge in [0.2, 0.25) is 10.0 Å². The third-order valence-electron chi connectivity index (χ3n) is 6.69. The molecule has 0 aliphatic carbocycles. The third-order valence-corrected chi connectivity index (χ3v) is 8.22. The molecule has 0 radical (unpaired) electrons. The van der Waals surface area contributed by atoms with Crippen molar-refractivity contribution in [2.24, 2.45) is 0 Å². The number of nitrogens with one attached hydrogen (secondary N) is 1. The fourth-order valence-corrected chi connectivity index (χ4v) is 6.03. The molecule has 0 aromatic heterocycles. The van der Waals surface area contributed by atoms with Gasteiger partial charge in [-0.15, -0.1) is 0 Å². The van der Waals surface area contributed by atoms with Gasteiger partial charge < -0.3 is 9.80 Å². The van der Waals surface area contributed by atoms with Crippen LogP contribution >= 0.6 is 0 Å². The second-order valence-corrected chi connectivity index (χ2v) is 10.8. The van der Waals surface area contributed by atoms with Crippen LogP contribution in [0.5, 0.6) is 0 Å². The Morgan fingerprint density at radius 1 is 0.938 bits per heavy atom. The molecule has 7 heteroatoms. The van der Waals surface area contributed by atoms with Crippen LogP contribution in [0.25, 0.3) is 0 Å². The van der Waals surface area contributed by atoms with Gasteiger partial charge in [0.15, 0.2) is 0 Å². The van der Waals surface area contributed by atoms with E-state index in [0.717, 1.165) is 36.2 Å². The van der Waals surface area contributed by atoms with Crippen LogP contribution in [-0.2, 0) is 10.0 Å². The first kappa shape index (κ1) is 22.8. The van der Waals surface area contributed by atoms with Gasteiger partial charge in [-0.05, 0) is 70.2 Å². The number of hydrogen-bond acceptors (Lipinski definition) is 4. The van der Waals surface area contributed by atoms with E-state index in [1.807, 2.05) is 48.2 Å². The number of rotatable bonds is 5. The topological polar surface area (TPSA) is 69.7 Å². The number of amides is 1. The molecule has 1 N–H and O–H groups in total. The molecule has 0 unspecified atom stereocenters. The van der Waals surface area contributed by atoms with Crippen molar-refractivity contribution in [3.63, 3.8) is 0 Å². The smallest absolute Gasteiger partial charge is 0.256 e. The molecule has 4 rings (SSSR count). The molecule has 2 heterocycles. The molecule has 1 amide bonds. The highest BCUT2D eigenvalue weighted by molar-refractivity contribution is 7.89. The molecule has 2 aliphatic heterocycles. The minimum atomic E-state index is -3.53. The summed E-state index contributed by atoms with van der Waals surface area (Å²) in [6.07, 6.45) is 4.70. The van der Waals surface area contributed by atoms with Crippen molar-refractivity contribution < 1.29 is 13.2 Å². The number of likely N-dealkylation sites (tertiary alicyclic amines) is 1. The van der Waals surface area contributed by atoms with Gasteiger partial charge in [-0.25, -0.2) is 13.1 Å². The van der Waals surface area contributed by atoms with E-state index in [9.17, 15) is 13.2 Å². The van der Waals surface area contributed by atoms with Crippen molar-refractivity contribution in [2.75, 3.05) is 24.5 Å². The lowest BCUT2D eigenvalue weighted by molar-refractivity contribution is 0.0636. The highest BCUT2D eigenvalue weighted by Gasteiger charge is 2.29. The van der Waals surface area contributed by atoms with Crippen LogP contribution in [0, 0.1) is 6.92 Å². The molecule has 0 bridgehead atoms. The Hall–Kier alpha value is -2.38. The number of carbonyl (C=O) groups excluding carboxylic acids is 1. The van der Waals surface area contributed by atoms with E-state index in [0.29, 0.717) is 30.8 Å². The molecule has 2 aromatic carbocycles. The van der Waals surface area contributed by atoms with Crippen molar-refractivity contribution in [2.45, 2.75) is 62.9 Å². The second-order valence-electron chi connectivity index (χ2n) is 9.06. The number of piperidine rings is 2. The van der Waals surface area contributed by atoms with E-state index in [2.05, 4.69) is 16.5 Å². The van der Waals surface area contributed by atoms with Crippen molar-refractivity contribution in [3.05, 3.63) is 59.7 Å². The first-order chi connectivity index (χ1) is 15.3. The Morgan fingerprint density at radius 2 is 1.62 bits per heavy atom. The summed E-state index contributed by atoms with van der Waals surface area (Å²) in [7, 11) is -3.53. The van der Waals surface area contributed by atoms with Crippen molar-refractivity contribution >= 4 is 21.6 Å². The van der Waals surface area contributed by atoms with Crippen LogP contribution in [0.3, 0.4) is 0 Å². The second kappa shape index (κ2) is 9.63. The molecule has 0 saturated carbocycles. The van der Waals surface area contributed by atoms with E-state index in [4.69, 9.17) is 0 Å². The minimum Gasteiger partial charge on any atom is -0.371 e. The van der Waals surface area contributed by atoms with Crippen molar-refractivity contribution in [1.82, 2.24) is 9.62 Å². The van der Waals surface area contributed by atoms with Crippen LogP contribution in [0.2, 0.25) is 0 Å². The third kappa shape index (κ3) is 4.99. The average molecular weight is 456 g/mol. The predicted molar refractivity (Wildman–Crippen MR) is 128 cm³/mol. The van der Waals surface area contributed by atoms with Crippen LogP contribution in [-0.4, -0.2) is 50.9 Å². The Balaban J connectivity index is 1.42. The zero-order valence-electron chi connectivity index (χ0n) is 19.0. The van der Waals surface area contributed by atoms with Crippen LogP contribution in [0.4, 0.5) is 5.69 Å². The fourth-order valence-electron chi connectivity index (χ4n) is 4.73. The van der Waals surface area contributed by atoms with Crippen LogP contribution in [0.1, 0.15) is 54.9 Å². The highest BCUT2D eigenvalue weighted by atomic mass is 32.2. The van der Waals surface area contributed by atoms with Gasteiger partial charge in [0, 0.05) is 37.4 Å². The molecule has 172 valence electrons. The van der Waals surface area contributed by atoms with E-state index in [-0.39, 0.29) is 18.0 Å². The number of anilines is 1. The quantitative estimate of drug-likeness (QED) is 0.741. The molecule has 1 atom stereocenters. The minimum absolute atomic E-state index is 0.106. The number of benzene rings is 2. The van der Waals surface area contributed by atoms with Gasteiger partial charge in [0.1, 0.15) is 0 Å². The lowest BCUT2D eigenvalue weighted by Gasteiger charge is -2.37. The Kier molecular flexibility index (Phi) is 6.86. The average Bonchev–Trinajstić information content (AvgIpc) is 2.79. The summed E-state index contributed by atoms with van der Waals surface area (Å²) in [4.78, 5) is 17.8. The first-order valence-corrected chi connectivity index (χ1v) is 13.1. The first-order valence-electron chi connectivity index (χ1n) is 11.6. The van der Waals surface area contributed by atoms with E-state index >= 15 is 0 Å². The molecule has 32 heavy (non-hydrogen) atoms. The monoisotopic (exact) mass is 455 g/mol. The summed E-state index contributed by atoms with van der Waals surface area (Å²) in [6.45, 7) is 6.30. The van der Waals surface area contributed by atoms with Crippen molar-refractivity contribution in [3.8, 4) is 0 Å². The zero-order valence-corrected chi connectivity index (χ0v) is 19.8. The standard InChI is InChI=1S/C25H33N3O3S/c1-19-10-12-22(13-11-19)32(30,31)26-21-14-17-27(18-15-21)24-9-4-3-8-23(24)25(29)28-16-6-5-7-20(28)2/h3-4,8-13,20-21,26H,5-7,14-18H2,1-2H3/t20-/m1/s1. The number of para-hydroxylation sites is 1. The summed E-state index contributed by atoms with van der Waals surface area (Å²) in [5, 5.41) is 0. The molecule has 0 spiro atoms. The lowest BCUT2D eigenvalue weighted by atomic mass is 10.00. The Labute approximate surface area is 191 Å². The number of aryl methyl sites for hydroxylation is 1. The lowest BCUT2D eigenvalue weighted by Crippen LogP contribution is -2.46. The summed E-state index contributed by atoms with van der Waals surface area (Å²) in [6, 6.07) is 14.9. The molecular weight excluding hydrogens is 422 g/mol. The van der Waals surface area contributed by atoms with Gasteiger partial charge in [-0.3, -0.25) is 4.79 Å². The zero-order chi connectivity index (χ0) is 22.7. The van der Waals surface area contributed by atoms with Gasteiger partial charge in [0.25, 0.3) is 5.91 Å². The molecule has 2 saturated heterocycles. The van der Waals surface area contributed by atoms with Crippen LogP contribution in [0.15, 0.2) is 53.4 Å². The maximum Gasteiger partial charge on any atom is 0.256 e. The van der Waals surface area contributed by atoms with Crippen molar-refractivity contribution in [1.29, 1.82) is 0 Å². The Morgan fingerprint density at radius 3 is 2.31 bits per heavy atom. The van der Waals surface area contributed by atoms with E-state index in [1.165, 1.54) is 6.42 Å². The molecular formula is C25H33N3O3S. The normalized spacial score (nSPS) is 20.4. The van der Waals surface area contributed by atoms with Gasteiger partial charge >= 0.3 is 0 Å². The summed E-state index contributed by atoms with van der Waals surface area (Å²) >= 11 is 0. The van der Waals surface area contributed by atoms with E-state index < -0.39 is 10.0 Å². The van der Waals surface area contributed by atoms with Gasteiger partial charge in [-0.2, -0.15) is 0 Å². The highest BCUT2D eigenvalue weighted by Crippen LogP contribution is 2.28. The molecule has 2 aliphatic rings. The van der Waals surface area contributed by atoms with Gasteiger partial charge in [0.05, 0.1) is 10.5 Å². The number of hydrogen-bond donors (Lipinski definition) is 1. The number of nitrogens with zero attached hydrogens (tertiary/aromatic N) is 2. The maximum atomic E-state index is 13.3. The Bertz CT molecular complexity index is 1040. The largest absolute Gasteiger partial charge is 0.371 e. The molecule has 6 nitrogen and oxygen atoms in total. The molecule has 2 aromatic rings. The summed E-state index contributed by atoms with van der Waals surface area (Å²) < 4.78 is 28.3. The molecule has 2 fully saturated rings. The summed E-state index contributed by atoms with van der Waals surface area (Å²) in [5.74, 6) is 0.106. The summed E-state index contributed by atoms with van der Waals surface area (Å²) in [5.41, 5.74) is 2.74. The number of carbonyl (C=O) groups is 1. The van der Waals surface area contributed by atoms with Gasteiger partial charge in [-0.1, -0.05) is 29.8 Å². The predicted octanol–water partition coefficient (Wildman–Crippen LogP) is 3.96. The SMILES string of the molecule is Cc1ccc(S(=O)(=O)NC2CCN(c3ccccc3C(=O)N3CCCC[C@H]3C)CC2)cc1. The fraction of sp³-hybridized carbons (Fsp3) is 0.480.